The van der Waals surface area contributed by atoms with E-state index in [1.54, 1.807) is 0 Å². The van der Waals surface area contributed by atoms with Crippen LogP contribution >= 0.6 is 0 Å². The van der Waals surface area contributed by atoms with E-state index >= 15 is 0 Å². The van der Waals surface area contributed by atoms with Crippen LogP contribution in [0.4, 0.5) is 0 Å². The van der Waals surface area contributed by atoms with Crippen molar-refractivity contribution in [2.24, 2.45) is 5.92 Å². The molecule has 0 spiro atoms. The van der Waals surface area contributed by atoms with E-state index < -0.39 is 0 Å². The summed E-state index contributed by atoms with van der Waals surface area (Å²) in [6, 6.07) is 10.7. The fourth-order valence-corrected chi connectivity index (χ4v) is 3.60. The van der Waals surface area contributed by atoms with Crippen LogP contribution in [0.1, 0.15) is 37.7 Å². The summed E-state index contributed by atoms with van der Waals surface area (Å²) in [7, 11) is 0. The second-order valence-electron chi connectivity index (χ2n) is 6.74. The highest BCUT2D eigenvalue weighted by atomic mass is 16.7. The third-order valence-electron chi connectivity index (χ3n) is 4.96. The SMILES string of the molecule is O=C(CCN1CCCO1)N1CCCC(CCc2ccccc2)C1. The second-order valence-corrected chi connectivity index (χ2v) is 6.74. The number of hydrogen-bond acceptors (Lipinski definition) is 3. The van der Waals surface area contributed by atoms with Gasteiger partial charge in [-0.25, -0.2) is 0 Å². The van der Waals surface area contributed by atoms with Gasteiger partial charge in [0.25, 0.3) is 0 Å². The molecule has 2 aliphatic rings. The van der Waals surface area contributed by atoms with Gasteiger partial charge in [0.1, 0.15) is 0 Å². The van der Waals surface area contributed by atoms with Crippen LogP contribution in [0.3, 0.4) is 0 Å². The zero-order valence-electron chi connectivity index (χ0n) is 14.0. The molecular formula is C19H28N2O2. The van der Waals surface area contributed by atoms with E-state index in [1.165, 1.54) is 18.4 Å². The molecule has 2 fully saturated rings. The molecule has 1 amide bonds. The molecule has 3 rings (SSSR count). The van der Waals surface area contributed by atoms with Crippen LogP contribution in [0.15, 0.2) is 30.3 Å². The van der Waals surface area contributed by atoms with E-state index in [0.29, 0.717) is 18.2 Å². The van der Waals surface area contributed by atoms with Crippen LogP contribution in [-0.2, 0) is 16.1 Å². The Balaban J connectivity index is 1.41. The third kappa shape index (κ3) is 5.05. The van der Waals surface area contributed by atoms with Gasteiger partial charge in [0.05, 0.1) is 6.61 Å². The van der Waals surface area contributed by atoms with E-state index in [1.807, 2.05) is 5.06 Å². The highest BCUT2D eigenvalue weighted by molar-refractivity contribution is 5.76. The highest BCUT2D eigenvalue weighted by Gasteiger charge is 2.24. The molecule has 0 aliphatic carbocycles. The molecule has 0 bridgehead atoms. The molecule has 0 aromatic heterocycles. The van der Waals surface area contributed by atoms with E-state index in [-0.39, 0.29) is 0 Å². The molecule has 2 saturated heterocycles. The van der Waals surface area contributed by atoms with Crippen molar-refractivity contribution in [1.29, 1.82) is 0 Å². The maximum atomic E-state index is 12.4. The summed E-state index contributed by atoms with van der Waals surface area (Å²) in [5.41, 5.74) is 1.40. The molecule has 0 radical (unpaired) electrons. The summed E-state index contributed by atoms with van der Waals surface area (Å²) in [5.74, 6) is 0.945. The van der Waals surface area contributed by atoms with Gasteiger partial charge in [-0.3, -0.25) is 9.63 Å². The van der Waals surface area contributed by atoms with Crippen molar-refractivity contribution < 1.29 is 9.63 Å². The lowest BCUT2D eigenvalue weighted by atomic mass is 9.91. The Hall–Kier alpha value is -1.39. The first-order chi connectivity index (χ1) is 11.3. The predicted octanol–water partition coefficient (Wildman–Crippen LogP) is 2.89. The number of amides is 1. The van der Waals surface area contributed by atoms with E-state index in [9.17, 15) is 4.79 Å². The summed E-state index contributed by atoms with van der Waals surface area (Å²) in [4.78, 5) is 20.0. The molecule has 0 saturated carbocycles. The van der Waals surface area contributed by atoms with Crippen molar-refractivity contribution in [3.63, 3.8) is 0 Å². The minimum absolute atomic E-state index is 0.296. The zero-order chi connectivity index (χ0) is 15.9. The van der Waals surface area contributed by atoms with Crippen molar-refractivity contribution in [2.75, 3.05) is 32.8 Å². The molecule has 23 heavy (non-hydrogen) atoms. The number of hydrogen-bond donors (Lipinski definition) is 0. The van der Waals surface area contributed by atoms with E-state index in [0.717, 1.165) is 52.0 Å². The van der Waals surface area contributed by atoms with E-state index in [2.05, 4.69) is 35.2 Å². The molecule has 126 valence electrons. The normalized spacial score (nSPS) is 22.4. The van der Waals surface area contributed by atoms with Crippen molar-refractivity contribution in [3.8, 4) is 0 Å². The standard InChI is InChI=1S/C19H28N2O2/c22-19(11-14-21-13-5-15-23-21)20-12-4-8-18(16-20)10-9-17-6-2-1-3-7-17/h1-3,6-7,18H,4-5,8-16H2. The van der Waals surface area contributed by atoms with Gasteiger partial charge in [-0.1, -0.05) is 30.3 Å². The molecule has 1 unspecified atom stereocenters. The maximum Gasteiger partial charge on any atom is 0.223 e. The molecule has 1 aromatic carbocycles. The topological polar surface area (TPSA) is 32.8 Å². The second kappa shape index (κ2) is 8.46. The Morgan fingerprint density at radius 2 is 2.04 bits per heavy atom. The van der Waals surface area contributed by atoms with Gasteiger partial charge in [0.15, 0.2) is 0 Å². The number of nitrogens with zero attached hydrogens (tertiary/aromatic N) is 2. The Labute approximate surface area is 139 Å². The van der Waals surface area contributed by atoms with Gasteiger partial charge in [0.2, 0.25) is 5.91 Å². The molecule has 2 heterocycles. The van der Waals surface area contributed by atoms with Gasteiger partial charge in [-0.2, -0.15) is 5.06 Å². The molecular weight excluding hydrogens is 288 g/mol. The summed E-state index contributed by atoms with van der Waals surface area (Å²) in [6.45, 7) is 4.38. The number of piperidine rings is 1. The fourth-order valence-electron chi connectivity index (χ4n) is 3.60. The molecule has 2 aliphatic heterocycles. The Morgan fingerprint density at radius 1 is 1.17 bits per heavy atom. The first kappa shape index (κ1) is 16.5. The molecule has 1 aromatic rings. The molecule has 0 N–H and O–H groups in total. The Bertz CT molecular complexity index is 485. The lowest BCUT2D eigenvalue weighted by Crippen LogP contribution is -2.41. The van der Waals surface area contributed by atoms with Gasteiger partial charge in [-0.15, -0.1) is 0 Å². The number of likely N-dealkylation sites (tertiary alicyclic amines) is 1. The van der Waals surface area contributed by atoms with Crippen molar-refractivity contribution in [2.45, 2.75) is 38.5 Å². The molecule has 4 nitrogen and oxygen atoms in total. The fraction of sp³-hybridized carbons (Fsp3) is 0.632. The van der Waals surface area contributed by atoms with Crippen LogP contribution in [0, 0.1) is 5.92 Å². The van der Waals surface area contributed by atoms with E-state index in [4.69, 9.17) is 4.84 Å². The maximum absolute atomic E-state index is 12.4. The average Bonchev–Trinajstić information content (AvgIpc) is 3.12. The summed E-state index contributed by atoms with van der Waals surface area (Å²) in [5, 5.41) is 1.94. The molecule has 1 atom stereocenters. The Kier molecular flexibility index (Phi) is 6.06. The predicted molar refractivity (Wildman–Crippen MR) is 90.8 cm³/mol. The minimum Gasteiger partial charge on any atom is -0.342 e. The van der Waals surface area contributed by atoms with Crippen LogP contribution < -0.4 is 0 Å². The lowest BCUT2D eigenvalue weighted by Gasteiger charge is -2.33. The summed E-state index contributed by atoms with van der Waals surface area (Å²) in [6.07, 6.45) is 6.38. The van der Waals surface area contributed by atoms with Crippen LogP contribution in [0.25, 0.3) is 0 Å². The first-order valence-corrected chi connectivity index (χ1v) is 9.01. The average molecular weight is 316 g/mol. The summed E-state index contributed by atoms with van der Waals surface area (Å²) >= 11 is 0. The number of carbonyl (C=O) groups excluding carboxylic acids is 1. The molecule has 4 heteroatoms. The zero-order valence-corrected chi connectivity index (χ0v) is 14.0. The summed E-state index contributed by atoms with van der Waals surface area (Å²) < 4.78 is 0. The van der Waals surface area contributed by atoms with Gasteiger partial charge >= 0.3 is 0 Å². The first-order valence-electron chi connectivity index (χ1n) is 9.01. The smallest absolute Gasteiger partial charge is 0.223 e. The Morgan fingerprint density at radius 3 is 2.83 bits per heavy atom. The number of carbonyl (C=O) groups is 1. The van der Waals surface area contributed by atoms with Crippen molar-refractivity contribution in [1.82, 2.24) is 9.96 Å². The number of rotatable bonds is 6. The van der Waals surface area contributed by atoms with Gasteiger partial charge in [0, 0.05) is 32.6 Å². The lowest BCUT2D eigenvalue weighted by molar-refractivity contribution is -0.140. The van der Waals surface area contributed by atoms with Gasteiger partial charge < -0.3 is 4.90 Å². The largest absolute Gasteiger partial charge is 0.342 e. The van der Waals surface area contributed by atoms with Crippen molar-refractivity contribution >= 4 is 5.91 Å². The monoisotopic (exact) mass is 316 g/mol. The quantitative estimate of drug-likeness (QED) is 0.809. The number of benzene rings is 1. The number of hydroxylamine groups is 2. The van der Waals surface area contributed by atoms with Crippen LogP contribution in [0.5, 0.6) is 0 Å². The van der Waals surface area contributed by atoms with Crippen LogP contribution in [-0.4, -0.2) is 48.7 Å². The van der Waals surface area contributed by atoms with Crippen LogP contribution in [0.2, 0.25) is 0 Å². The highest BCUT2D eigenvalue weighted by Crippen LogP contribution is 2.22. The van der Waals surface area contributed by atoms with Crippen molar-refractivity contribution in [3.05, 3.63) is 35.9 Å². The number of aryl methyl sites for hydroxylation is 1. The third-order valence-corrected chi connectivity index (χ3v) is 4.96. The minimum atomic E-state index is 0.296. The van der Waals surface area contributed by atoms with Gasteiger partial charge in [-0.05, 0) is 43.6 Å².